The summed E-state index contributed by atoms with van der Waals surface area (Å²) in [5.74, 6) is 0.902. The lowest BCUT2D eigenvalue weighted by molar-refractivity contribution is 0.210. The fraction of sp³-hybridized carbons (Fsp3) is 0.500. The molecule has 1 aliphatic heterocycles. The van der Waals surface area contributed by atoms with E-state index in [4.69, 9.17) is 0 Å². The molecular weight excluding hydrogens is 292 g/mol. The molecule has 2 aromatic heterocycles. The van der Waals surface area contributed by atoms with Crippen LogP contribution in [0.15, 0.2) is 35.8 Å². The van der Waals surface area contributed by atoms with E-state index in [1.165, 1.54) is 6.20 Å². The number of hydrogen-bond donors (Lipinski definition) is 1. The molecule has 0 aromatic carbocycles. The van der Waals surface area contributed by atoms with E-state index in [1.54, 1.807) is 23.3 Å². The molecule has 0 amide bonds. The average Bonchev–Trinajstić information content (AvgIpc) is 2.56. The molecule has 1 aliphatic rings. The number of aryl methyl sites for hydroxylation is 1. The largest absolute Gasteiger partial charge is 0.367 e. The van der Waals surface area contributed by atoms with Gasteiger partial charge in [-0.3, -0.25) is 9.78 Å². The fourth-order valence-corrected chi connectivity index (χ4v) is 2.85. The van der Waals surface area contributed by atoms with Crippen molar-refractivity contribution in [2.75, 3.05) is 25.0 Å². The zero-order valence-electron chi connectivity index (χ0n) is 13.4. The maximum absolute atomic E-state index is 11.6. The predicted molar refractivity (Wildman–Crippen MR) is 88.4 cm³/mol. The smallest absolute Gasteiger partial charge is 0.269 e. The summed E-state index contributed by atoms with van der Waals surface area (Å²) in [5.41, 5.74) is 0.936. The lowest BCUT2D eigenvalue weighted by Crippen LogP contribution is -2.41. The summed E-state index contributed by atoms with van der Waals surface area (Å²) in [6, 6.07) is 2.42. The first-order valence-electron chi connectivity index (χ1n) is 7.99. The number of nitrogens with one attached hydrogen (secondary N) is 1. The van der Waals surface area contributed by atoms with E-state index in [2.05, 4.69) is 25.2 Å². The van der Waals surface area contributed by atoms with Gasteiger partial charge in [0.25, 0.3) is 5.56 Å². The van der Waals surface area contributed by atoms with Gasteiger partial charge in [-0.2, -0.15) is 0 Å². The van der Waals surface area contributed by atoms with Gasteiger partial charge in [0.15, 0.2) is 0 Å². The number of piperidine rings is 1. The third kappa shape index (κ3) is 4.35. The van der Waals surface area contributed by atoms with Gasteiger partial charge < -0.3 is 14.8 Å². The Balaban J connectivity index is 1.45. The Labute approximate surface area is 135 Å². The van der Waals surface area contributed by atoms with Gasteiger partial charge in [0.2, 0.25) is 0 Å². The van der Waals surface area contributed by atoms with Gasteiger partial charge in [-0.15, -0.1) is 0 Å². The number of aromatic nitrogens is 4. The monoisotopic (exact) mass is 314 g/mol. The van der Waals surface area contributed by atoms with Gasteiger partial charge in [-0.1, -0.05) is 0 Å². The molecule has 0 saturated carbocycles. The molecule has 7 heteroatoms. The van der Waals surface area contributed by atoms with Crippen LogP contribution in [-0.2, 0) is 6.54 Å². The molecule has 23 heavy (non-hydrogen) atoms. The maximum atomic E-state index is 11.6. The molecule has 0 atom stereocenters. The molecule has 3 heterocycles. The van der Waals surface area contributed by atoms with Crippen LogP contribution < -0.4 is 10.9 Å². The summed E-state index contributed by atoms with van der Waals surface area (Å²) in [5, 5.41) is 3.48. The minimum absolute atomic E-state index is 0.0387. The zero-order valence-corrected chi connectivity index (χ0v) is 13.4. The molecule has 1 fully saturated rings. The number of rotatable bonds is 5. The second-order valence-electron chi connectivity index (χ2n) is 5.91. The van der Waals surface area contributed by atoms with E-state index >= 15 is 0 Å². The first-order chi connectivity index (χ1) is 11.2. The summed E-state index contributed by atoms with van der Waals surface area (Å²) >= 11 is 0. The van der Waals surface area contributed by atoms with Crippen LogP contribution in [0.3, 0.4) is 0 Å². The second-order valence-corrected chi connectivity index (χ2v) is 5.91. The van der Waals surface area contributed by atoms with Crippen molar-refractivity contribution in [1.82, 2.24) is 24.4 Å². The summed E-state index contributed by atoms with van der Waals surface area (Å²) in [6.45, 7) is 5.63. The van der Waals surface area contributed by atoms with Gasteiger partial charge in [-0.25, -0.2) is 9.97 Å². The normalized spacial score (nSPS) is 16.4. The minimum atomic E-state index is -0.0387. The summed E-state index contributed by atoms with van der Waals surface area (Å²) in [6.07, 6.45) is 8.51. The van der Waals surface area contributed by atoms with E-state index in [0.29, 0.717) is 12.6 Å². The fourth-order valence-electron chi connectivity index (χ4n) is 2.85. The molecule has 0 unspecified atom stereocenters. The van der Waals surface area contributed by atoms with Gasteiger partial charge >= 0.3 is 0 Å². The van der Waals surface area contributed by atoms with Gasteiger partial charge in [0.05, 0.1) is 6.20 Å². The molecule has 1 N–H and O–H groups in total. The number of anilines is 1. The van der Waals surface area contributed by atoms with E-state index in [1.807, 2.05) is 13.0 Å². The van der Waals surface area contributed by atoms with Crippen LogP contribution >= 0.6 is 0 Å². The summed E-state index contributed by atoms with van der Waals surface area (Å²) in [7, 11) is 0. The van der Waals surface area contributed by atoms with Crippen molar-refractivity contribution in [3.63, 3.8) is 0 Å². The number of nitrogens with zero attached hydrogens (tertiary/aromatic N) is 5. The molecule has 2 aromatic rings. The number of hydrogen-bond acceptors (Lipinski definition) is 6. The van der Waals surface area contributed by atoms with E-state index in [-0.39, 0.29) is 5.56 Å². The third-order valence-electron chi connectivity index (χ3n) is 4.20. The van der Waals surface area contributed by atoms with E-state index in [9.17, 15) is 4.79 Å². The van der Waals surface area contributed by atoms with E-state index < -0.39 is 0 Å². The maximum Gasteiger partial charge on any atom is 0.269 e. The highest BCUT2D eigenvalue weighted by Gasteiger charge is 2.19. The van der Waals surface area contributed by atoms with Crippen molar-refractivity contribution in [2.45, 2.75) is 32.4 Å². The quantitative estimate of drug-likeness (QED) is 0.884. The highest BCUT2D eigenvalue weighted by atomic mass is 16.1. The Bertz CT molecular complexity index is 693. The highest BCUT2D eigenvalue weighted by Crippen LogP contribution is 2.15. The highest BCUT2D eigenvalue weighted by molar-refractivity contribution is 5.35. The first-order valence-corrected chi connectivity index (χ1v) is 7.99. The van der Waals surface area contributed by atoms with Crippen molar-refractivity contribution in [1.29, 1.82) is 0 Å². The van der Waals surface area contributed by atoms with Crippen LogP contribution in [0.5, 0.6) is 0 Å². The molecule has 0 spiro atoms. The Morgan fingerprint density at radius 2 is 2.09 bits per heavy atom. The van der Waals surface area contributed by atoms with Crippen LogP contribution in [0, 0.1) is 6.92 Å². The van der Waals surface area contributed by atoms with Crippen LogP contribution in [0.4, 0.5) is 5.82 Å². The van der Waals surface area contributed by atoms with E-state index in [0.717, 1.165) is 44.0 Å². The average molecular weight is 314 g/mol. The zero-order chi connectivity index (χ0) is 16.1. The van der Waals surface area contributed by atoms with Gasteiger partial charge in [0.1, 0.15) is 12.1 Å². The first kappa shape index (κ1) is 15.6. The molecule has 0 aliphatic carbocycles. The second kappa shape index (κ2) is 7.32. The molecule has 122 valence electrons. The van der Waals surface area contributed by atoms with Crippen molar-refractivity contribution in [2.24, 2.45) is 0 Å². The van der Waals surface area contributed by atoms with Crippen molar-refractivity contribution in [3.05, 3.63) is 47.0 Å². The van der Waals surface area contributed by atoms with Crippen molar-refractivity contribution < 1.29 is 0 Å². The van der Waals surface area contributed by atoms with Crippen LogP contribution in [0.1, 0.15) is 18.5 Å². The molecule has 3 rings (SSSR count). The molecule has 0 bridgehead atoms. The van der Waals surface area contributed by atoms with Crippen molar-refractivity contribution >= 4 is 5.82 Å². The SMILES string of the molecule is Cc1cc(NC2CCN(CCn3ccncc3=O)CC2)ncn1. The lowest BCUT2D eigenvalue weighted by atomic mass is 10.1. The van der Waals surface area contributed by atoms with Gasteiger partial charge in [-0.05, 0) is 19.8 Å². The minimum Gasteiger partial charge on any atom is -0.367 e. The Morgan fingerprint density at radius 3 is 2.83 bits per heavy atom. The molecule has 1 saturated heterocycles. The summed E-state index contributed by atoms with van der Waals surface area (Å²) < 4.78 is 1.71. The predicted octanol–water partition coefficient (Wildman–Crippen LogP) is 0.918. The molecular formula is C16H22N6O. The van der Waals surface area contributed by atoms with Crippen LogP contribution in [0.25, 0.3) is 0 Å². The number of likely N-dealkylation sites (tertiary alicyclic amines) is 1. The molecule has 0 radical (unpaired) electrons. The van der Waals surface area contributed by atoms with Crippen LogP contribution in [0.2, 0.25) is 0 Å². The Morgan fingerprint density at radius 1 is 1.26 bits per heavy atom. The lowest BCUT2D eigenvalue weighted by Gasteiger charge is -2.32. The standard InChI is InChI=1S/C16H22N6O/c1-13-10-15(19-12-18-13)20-14-2-5-21(6-3-14)8-9-22-7-4-17-11-16(22)23/h4,7,10-12,14H,2-3,5-6,8-9H2,1H3,(H,18,19,20). The van der Waals surface area contributed by atoms with Crippen LogP contribution in [-0.4, -0.2) is 50.1 Å². The van der Waals surface area contributed by atoms with Crippen molar-refractivity contribution in [3.8, 4) is 0 Å². The topological polar surface area (TPSA) is 75.9 Å². The van der Waals surface area contributed by atoms with Gasteiger partial charge in [0, 0.05) is 56.4 Å². The Hall–Kier alpha value is -2.28. The molecule has 7 nitrogen and oxygen atoms in total. The third-order valence-corrected chi connectivity index (χ3v) is 4.20. The summed E-state index contributed by atoms with van der Waals surface area (Å²) in [4.78, 5) is 26.2. The Kier molecular flexibility index (Phi) is 4.97.